The van der Waals surface area contributed by atoms with Gasteiger partial charge in [-0.2, -0.15) is 0 Å². The van der Waals surface area contributed by atoms with Crippen LogP contribution in [-0.2, 0) is 0 Å². The molecule has 0 bridgehead atoms. The van der Waals surface area contributed by atoms with Crippen molar-refractivity contribution in [3.05, 3.63) is 18.3 Å². The molecule has 0 radical (unpaired) electrons. The van der Waals surface area contributed by atoms with Gasteiger partial charge in [0.2, 0.25) is 0 Å². The summed E-state index contributed by atoms with van der Waals surface area (Å²) in [6.07, 6.45) is 2.97. The van der Waals surface area contributed by atoms with Gasteiger partial charge < -0.3 is 10.6 Å². The number of hydrogen-bond acceptors (Lipinski definition) is 4. The molecule has 4 nitrogen and oxygen atoms in total. The molecule has 0 amide bonds. The van der Waals surface area contributed by atoms with Gasteiger partial charge in [0.25, 0.3) is 0 Å². The van der Waals surface area contributed by atoms with Gasteiger partial charge in [-0.15, -0.1) is 0 Å². The normalized spacial score (nSPS) is 22.4. The summed E-state index contributed by atoms with van der Waals surface area (Å²) in [6, 6.07) is 4.63. The lowest BCUT2D eigenvalue weighted by atomic mass is 10.1. The van der Waals surface area contributed by atoms with Crippen molar-refractivity contribution in [1.82, 2.24) is 9.88 Å². The first-order valence-corrected chi connectivity index (χ1v) is 5.87. The monoisotopic (exact) mass is 220 g/mol. The number of pyridine rings is 1. The number of piperazine rings is 1. The third-order valence-electron chi connectivity index (χ3n) is 3.38. The molecule has 1 aromatic heterocycles. The minimum Gasteiger partial charge on any atom is -0.384 e. The Morgan fingerprint density at radius 3 is 3.00 bits per heavy atom. The Kier molecular flexibility index (Phi) is 3.29. The lowest BCUT2D eigenvalue weighted by molar-refractivity contribution is 0.213. The van der Waals surface area contributed by atoms with Crippen LogP contribution < -0.4 is 10.6 Å². The fraction of sp³-hybridized carbons (Fsp3) is 0.583. The highest BCUT2D eigenvalue weighted by Gasteiger charge is 2.22. The molecule has 1 saturated heterocycles. The van der Waals surface area contributed by atoms with Gasteiger partial charge in [0.1, 0.15) is 5.82 Å². The molecule has 0 saturated carbocycles. The number of hydrogen-bond donors (Lipinski definition) is 1. The zero-order chi connectivity index (χ0) is 11.5. The summed E-state index contributed by atoms with van der Waals surface area (Å²) in [4.78, 5) is 8.86. The first-order chi connectivity index (χ1) is 7.70. The summed E-state index contributed by atoms with van der Waals surface area (Å²) >= 11 is 0. The number of likely N-dealkylation sites (N-methyl/N-ethyl adjacent to an activating group) is 1. The molecule has 1 aliphatic heterocycles. The molecule has 2 N–H and O–H groups in total. The molecule has 0 aliphatic carbocycles. The van der Waals surface area contributed by atoms with Crippen LogP contribution in [0.5, 0.6) is 0 Å². The van der Waals surface area contributed by atoms with Crippen LogP contribution in [0.2, 0.25) is 0 Å². The minimum absolute atomic E-state index is 0.601. The van der Waals surface area contributed by atoms with Gasteiger partial charge in [-0.05, 0) is 19.5 Å². The van der Waals surface area contributed by atoms with E-state index in [9.17, 15) is 0 Å². The van der Waals surface area contributed by atoms with Crippen molar-refractivity contribution < 1.29 is 0 Å². The van der Waals surface area contributed by atoms with Crippen molar-refractivity contribution in [3.63, 3.8) is 0 Å². The number of nitrogens with zero attached hydrogens (tertiary/aromatic N) is 3. The molecule has 1 unspecified atom stereocenters. The largest absolute Gasteiger partial charge is 0.384 e. The average Bonchev–Trinajstić information content (AvgIpc) is 2.29. The van der Waals surface area contributed by atoms with Crippen LogP contribution in [0.25, 0.3) is 0 Å². The van der Waals surface area contributed by atoms with Crippen molar-refractivity contribution in [1.29, 1.82) is 0 Å². The number of anilines is 2. The molecule has 1 fully saturated rings. The molecule has 1 aliphatic rings. The molecule has 16 heavy (non-hydrogen) atoms. The molecule has 0 aromatic carbocycles. The van der Waals surface area contributed by atoms with Gasteiger partial charge in [-0.1, -0.05) is 6.92 Å². The van der Waals surface area contributed by atoms with Gasteiger partial charge in [0.15, 0.2) is 0 Å². The molecule has 0 spiro atoms. The van der Waals surface area contributed by atoms with Gasteiger partial charge >= 0.3 is 0 Å². The highest BCUT2D eigenvalue weighted by molar-refractivity contribution is 5.52. The van der Waals surface area contributed by atoms with E-state index in [-0.39, 0.29) is 0 Å². The Hall–Kier alpha value is -1.29. The van der Waals surface area contributed by atoms with E-state index in [0.717, 1.165) is 19.6 Å². The van der Waals surface area contributed by atoms with Crippen LogP contribution in [0.3, 0.4) is 0 Å². The maximum Gasteiger partial charge on any atom is 0.125 e. The van der Waals surface area contributed by atoms with Gasteiger partial charge in [-0.25, -0.2) is 4.98 Å². The highest BCUT2D eigenvalue weighted by atomic mass is 15.3. The Morgan fingerprint density at radius 1 is 1.50 bits per heavy atom. The van der Waals surface area contributed by atoms with Crippen LogP contribution >= 0.6 is 0 Å². The Labute approximate surface area is 97.1 Å². The first kappa shape index (κ1) is 11.2. The van der Waals surface area contributed by atoms with Crippen LogP contribution in [0.15, 0.2) is 18.3 Å². The molecule has 1 atom stereocenters. The number of nitrogens with two attached hydrogens (primary N) is 1. The standard InChI is InChI=1S/C12H20N4/c1-3-10-9-16(7-6-15(10)2)11-4-5-14-12(13)8-11/h4-5,8,10H,3,6-7,9H2,1-2H3,(H2,13,14). The van der Waals surface area contributed by atoms with Crippen LogP contribution in [0.4, 0.5) is 11.5 Å². The maximum absolute atomic E-state index is 5.71. The highest BCUT2D eigenvalue weighted by Crippen LogP contribution is 2.20. The van der Waals surface area contributed by atoms with Crippen molar-refractivity contribution in [3.8, 4) is 0 Å². The number of nitrogen functional groups attached to an aromatic ring is 1. The zero-order valence-corrected chi connectivity index (χ0v) is 10.1. The summed E-state index contributed by atoms with van der Waals surface area (Å²) in [5.41, 5.74) is 6.91. The molecule has 2 heterocycles. The fourth-order valence-electron chi connectivity index (χ4n) is 2.25. The van der Waals surface area contributed by atoms with E-state index in [1.54, 1.807) is 6.20 Å². The lowest BCUT2D eigenvalue weighted by Gasteiger charge is -2.40. The summed E-state index contributed by atoms with van der Waals surface area (Å²) < 4.78 is 0. The quantitative estimate of drug-likeness (QED) is 0.813. The molecule has 2 rings (SSSR count). The third kappa shape index (κ3) is 2.27. The van der Waals surface area contributed by atoms with E-state index in [2.05, 4.69) is 28.8 Å². The van der Waals surface area contributed by atoms with E-state index in [1.807, 2.05) is 12.1 Å². The first-order valence-electron chi connectivity index (χ1n) is 5.87. The molecule has 4 heteroatoms. The van der Waals surface area contributed by atoms with Gasteiger partial charge in [0, 0.05) is 43.6 Å². The van der Waals surface area contributed by atoms with Crippen molar-refractivity contribution >= 4 is 11.5 Å². The average molecular weight is 220 g/mol. The SMILES string of the molecule is CCC1CN(c2ccnc(N)c2)CCN1C. The lowest BCUT2D eigenvalue weighted by Crippen LogP contribution is -2.51. The van der Waals surface area contributed by atoms with Crippen LogP contribution in [-0.4, -0.2) is 42.6 Å². The molecular formula is C12H20N4. The van der Waals surface area contributed by atoms with E-state index in [0.29, 0.717) is 11.9 Å². The Bertz CT molecular complexity index is 353. The summed E-state index contributed by atoms with van der Waals surface area (Å²) in [6.45, 7) is 5.50. The van der Waals surface area contributed by atoms with E-state index >= 15 is 0 Å². The number of rotatable bonds is 2. The second-order valence-electron chi connectivity index (χ2n) is 4.43. The smallest absolute Gasteiger partial charge is 0.125 e. The van der Waals surface area contributed by atoms with E-state index < -0.39 is 0 Å². The molecule has 1 aromatic rings. The minimum atomic E-state index is 0.601. The summed E-state index contributed by atoms with van der Waals surface area (Å²) in [7, 11) is 2.20. The predicted octanol–water partition coefficient (Wildman–Crippen LogP) is 1.19. The fourth-order valence-corrected chi connectivity index (χ4v) is 2.25. The van der Waals surface area contributed by atoms with E-state index in [4.69, 9.17) is 5.73 Å². The zero-order valence-electron chi connectivity index (χ0n) is 10.1. The Morgan fingerprint density at radius 2 is 2.31 bits per heavy atom. The number of aromatic nitrogens is 1. The van der Waals surface area contributed by atoms with Gasteiger partial charge in [0.05, 0.1) is 0 Å². The van der Waals surface area contributed by atoms with E-state index in [1.165, 1.54) is 12.1 Å². The molecule has 88 valence electrons. The van der Waals surface area contributed by atoms with Crippen LogP contribution in [0.1, 0.15) is 13.3 Å². The summed E-state index contributed by atoms with van der Waals surface area (Å²) in [5, 5.41) is 0. The predicted molar refractivity (Wildman–Crippen MR) is 67.6 cm³/mol. The Balaban J connectivity index is 2.11. The van der Waals surface area contributed by atoms with Crippen molar-refractivity contribution in [2.75, 3.05) is 37.3 Å². The maximum atomic E-state index is 5.71. The van der Waals surface area contributed by atoms with Crippen molar-refractivity contribution in [2.45, 2.75) is 19.4 Å². The second kappa shape index (κ2) is 4.70. The molecular weight excluding hydrogens is 200 g/mol. The third-order valence-corrected chi connectivity index (χ3v) is 3.38. The second-order valence-corrected chi connectivity index (χ2v) is 4.43. The van der Waals surface area contributed by atoms with Crippen molar-refractivity contribution in [2.24, 2.45) is 0 Å². The summed E-state index contributed by atoms with van der Waals surface area (Å²) in [5.74, 6) is 0.601. The topological polar surface area (TPSA) is 45.4 Å². The van der Waals surface area contributed by atoms with Gasteiger partial charge in [-0.3, -0.25) is 4.90 Å². The van der Waals surface area contributed by atoms with Crippen LogP contribution in [0, 0.1) is 0 Å².